The number of rotatable bonds is 3. The lowest BCUT2D eigenvalue weighted by atomic mass is 9.77. The number of hydrogen-bond donors (Lipinski definition) is 0. The molecular formula is C22H26BrN3O2. The first-order valence-electron chi connectivity index (χ1n) is 10.1. The molecule has 0 N–H and O–H groups in total. The van der Waals surface area contributed by atoms with Gasteiger partial charge in [0.15, 0.2) is 0 Å². The average molecular weight is 444 g/mol. The Morgan fingerprint density at radius 2 is 1.89 bits per heavy atom. The van der Waals surface area contributed by atoms with Gasteiger partial charge in [0.25, 0.3) is 5.91 Å². The third-order valence-electron chi connectivity index (χ3n) is 6.23. The predicted molar refractivity (Wildman–Crippen MR) is 111 cm³/mol. The lowest BCUT2D eigenvalue weighted by Gasteiger charge is -2.43. The predicted octanol–water partition coefficient (Wildman–Crippen LogP) is 4.28. The summed E-state index contributed by atoms with van der Waals surface area (Å²) in [4.78, 5) is 27.3. The molecule has 5 nitrogen and oxygen atoms in total. The van der Waals surface area contributed by atoms with Crippen molar-refractivity contribution in [1.82, 2.24) is 14.7 Å². The van der Waals surface area contributed by atoms with Crippen LogP contribution in [0.2, 0.25) is 0 Å². The van der Waals surface area contributed by atoms with Crippen LogP contribution in [0, 0.1) is 19.8 Å². The molecule has 2 aromatic rings. The van der Waals surface area contributed by atoms with Gasteiger partial charge in [-0.2, -0.15) is 5.10 Å². The lowest BCUT2D eigenvalue weighted by molar-refractivity contribution is -0.129. The Bertz CT molecular complexity index is 903. The van der Waals surface area contributed by atoms with Gasteiger partial charge >= 0.3 is 0 Å². The number of carbonyl (C=O) groups is 2. The third kappa shape index (κ3) is 3.54. The van der Waals surface area contributed by atoms with Crippen LogP contribution in [0.4, 0.5) is 0 Å². The van der Waals surface area contributed by atoms with Gasteiger partial charge in [0, 0.05) is 30.5 Å². The van der Waals surface area contributed by atoms with Crippen LogP contribution in [0.15, 0.2) is 28.7 Å². The fourth-order valence-electron chi connectivity index (χ4n) is 4.61. The molecule has 1 saturated carbocycles. The van der Waals surface area contributed by atoms with E-state index in [0.29, 0.717) is 30.9 Å². The van der Waals surface area contributed by atoms with E-state index in [2.05, 4.69) is 21.0 Å². The highest BCUT2D eigenvalue weighted by molar-refractivity contribution is 9.10. The second-order valence-electron chi connectivity index (χ2n) is 8.01. The molecule has 148 valence electrons. The number of benzene rings is 1. The Hall–Kier alpha value is -1.95. The van der Waals surface area contributed by atoms with Crippen molar-refractivity contribution < 1.29 is 9.59 Å². The van der Waals surface area contributed by atoms with Crippen LogP contribution in [0.3, 0.4) is 0 Å². The van der Waals surface area contributed by atoms with Crippen molar-refractivity contribution in [2.75, 3.05) is 6.54 Å². The minimum Gasteiger partial charge on any atom is -0.334 e. The topological polar surface area (TPSA) is 55.2 Å². The molecule has 0 radical (unpaired) electrons. The van der Waals surface area contributed by atoms with Gasteiger partial charge in [0.05, 0.1) is 22.4 Å². The number of aryl methyl sites for hydroxylation is 1. The van der Waals surface area contributed by atoms with Gasteiger partial charge in [0.2, 0.25) is 0 Å². The molecular weight excluding hydrogens is 418 g/mol. The van der Waals surface area contributed by atoms with Crippen molar-refractivity contribution in [2.24, 2.45) is 5.92 Å². The van der Waals surface area contributed by atoms with E-state index in [1.54, 1.807) is 0 Å². The summed E-state index contributed by atoms with van der Waals surface area (Å²) in [6.45, 7) is 5.26. The Morgan fingerprint density at radius 1 is 1.18 bits per heavy atom. The van der Waals surface area contributed by atoms with Crippen molar-refractivity contribution in [1.29, 1.82) is 0 Å². The molecule has 2 unspecified atom stereocenters. The summed E-state index contributed by atoms with van der Waals surface area (Å²) in [5.74, 6) is 0.458. The molecule has 4 rings (SSSR count). The van der Waals surface area contributed by atoms with Crippen molar-refractivity contribution >= 4 is 27.6 Å². The SMILES string of the molecule is Cc1nn(Cc2ccc(C(=O)N3CCC(=O)C4CCCCC43)cc2)c(C)c1Br. The number of Topliss-reactive ketones (excluding diaryl/α,β-unsaturated/α-hetero) is 1. The van der Waals surface area contributed by atoms with E-state index >= 15 is 0 Å². The van der Waals surface area contributed by atoms with Crippen LogP contribution in [-0.4, -0.2) is 39.0 Å². The summed E-state index contributed by atoms with van der Waals surface area (Å²) in [5, 5.41) is 4.55. The number of piperidine rings is 1. The quantitative estimate of drug-likeness (QED) is 0.710. The van der Waals surface area contributed by atoms with Crippen LogP contribution in [-0.2, 0) is 11.3 Å². The zero-order valence-corrected chi connectivity index (χ0v) is 18.0. The third-order valence-corrected chi connectivity index (χ3v) is 7.38. The number of nitrogens with zero attached hydrogens (tertiary/aromatic N) is 3. The van der Waals surface area contributed by atoms with Crippen molar-refractivity contribution in [2.45, 2.75) is 58.5 Å². The Morgan fingerprint density at radius 3 is 2.57 bits per heavy atom. The van der Waals surface area contributed by atoms with E-state index in [4.69, 9.17) is 0 Å². The fraction of sp³-hybridized carbons (Fsp3) is 0.500. The smallest absolute Gasteiger partial charge is 0.254 e. The number of carbonyl (C=O) groups excluding carboxylic acids is 2. The number of amides is 1. The van der Waals surface area contributed by atoms with E-state index in [0.717, 1.165) is 47.1 Å². The Labute approximate surface area is 174 Å². The Balaban J connectivity index is 1.49. The van der Waals surface area contributed by atoms with Gasteiger partial charge in [0.1, 0.15) is 5.78 Å². The molecule has 1 aromatic heterocycles. The van der Waals surface area contributed by atoms with E-state index in [9.17, 15) is 9.59 Å². The zero-order valence-electron chi connectivity index (χ0n) is 16.4. The molecule has 0 spiro atoms. The maximum Gasteiger partial charge on any atom is 0.254 e. The van der Waals surface area contributed by atoms with Crippen molar-refractivity contribution in [3.8, 4) is 0 Å². The van der Waals surface area contributed by atoms with Crippen LogP contribution >= 0.6 is 15.9 Å². The van der Waals surface area contributed by atoms with Gasteiger partial charge in [-0.3, -0.25) is 14.3 Å². The number of ketones is 1. The van der Waals surface area contributed by atoms with Gasteiger partial charge in [-0.1, -0.05) is 25.0 Å². The minimum atomic E-state index is 0.0511. The molecule has 1 amide bonds. The molecule has 2 heterocycles. The van der Waals surface area contributed by atoms with Gasteiger partial charge < -0.3 is 4.90 Å². The largest absolute Gasteiger partial charge is 0.334 e. The maximum atomic E-state index is 13.1. The number of fused-ring (bicyclic) bond motifs is 1. The zero-order chi connectivity index (χ0) is 19.8. The highest BCUT2D eigenvalue weighted by atomic mass is 79.9. The molecule has 28 heavy (non-hydrogen) atoms. The van der Waals surface area contributed by atoms with Gasteiger partial charge in [-0.25, -0.2) is 0 Å². The van der Waals surface area contributed by atoms with E-state index < -0.39 is 0 Å². The summed E-state index contributed by atoms with van der Waals surface area (Å²) in [7, 11) is 0. The summed E-state index contributed by atoms with van der Waals surface area (Å²) in [6, 6.07) is 7.92. The number of hydrogen-bond acceptors (Lipinski definition) is 3. The second-order valence-corrected chi connectivity index (χ2v) is 8.81. The average Bonchev–Trinajstić information content (AvgIpc) is 2.95. The molecule has 1 aliphatic heterocycles. The van der Waals surface area contributed by atoms with E-state index in [1.165, 1.54) is 0 Å². The fourth-order valence-corrected chi connectivity index (χ4v) is 4.90. The summed E-state index contributed by atoms with van der Waals surface area (Å²) in [6.07, 6.45) is 4.59. The summed E-state index contributed by atoms with van der Waals surface area (Å²) < 4.78 is 3.01. The highest BCUT2D eigenvalue weighted by Crippen LogP contribution is 2.34. The Kier molecular flexibility index (Phi) is 5.41. The van der Waals surface area contributed by atoms with Gasteiger partial charge in [-0.05, 0) is 60.3 Å². The van der Waals surface area contributed by atoms with Crippen LogP contribution in [0.25, 0.3) is 0 Å². The molecule has 1 aliphatic carbocycles. The first-order valence-corrected chi connectivity index (χ1v) is 10.9. The van der Waals surface area contributed by atoms with Gasteiger partial charge in [-0.15, -0.1) is 0 Å². The molecule has 6 heteroatoms. The first-order chi connectivity index (χ1) is 13.5. The number of aromatic nitrogens is 2. The standard InChI is InChI=1S/C22H26BrN3O2/c1-14-21(23)15(2)26(24-14)13-16-7-9-17(10-8-16)22(28)25-12-11-20(27)18-5-3-4-6-19(18)25/h7-10,18-19H,3-6,11-13H2,1-2H3. The van der Waals surface area contributed by atoms with E-state index in [1.807, 2.05) is 47.7 Å². The monoisotopic (exact) mass is 443 g/mol. The van der Waals surface area contributed by atoms with Crippen molar-refractivity contribution in [3.05, 3.63) is 51.3 Å². The molecule has 1 aromatic carbocycles. The highest BCUT2D eigenvalue weighted by Gasteiger charge is 2.40. The second kappa shape index (κ2) is 7.82. The lowest BCUT2D eigenvalue weighted by Crippen LogP contribution is -2.53. The first kappa shape index (κ1) is 19.4. The van der Waals surface area contributed by atoms with Crippen LogP contribution in [0.1, 0.15) is 59.4 Å². The van der Waals surface area contributed by atoms with Crippen LogP contribution < -0.4 is 0 Å². The normalized spacial score (nSPS) is 22.2. The molecule has 2 atom stereocenters. The molecule has 1 saturated heterocycles. The molecule has 2 fully saturated rings. The van der Waals surface area contributed by atoms with Crippen LogP contribution in [0.5, 0.6) is 0 Å². The summed E-state index contributed by atoms with van der Waals surface area (Å²) >= 11 is 3.56. The number of halogens is 1. The summed E-state index contributed by atoms with van der Waals surface area (Å²) in [5.41, 5.74) is 3.89. The number of likely N-dealkylation sites (tertiary alicyclic amines) is 1. The molecule has 0 bridgehead atoms. The van der Waals surface area contributed by atoms with Crippen molar-refractivity contribution in [3.63, 3.8) is 0 Å². The van der Waals surface area contributed by atoms with E-state index in [-0.39, 0.29) is 17.9 Å². The minimum absolute atomic E-state index is 0.0511. The maximum absolute atomic E-state index is 13.1. The molecule has 2 aliphatic rings.